The third-order valence-corrected chi connectivity index (χ3v) is 6.80. The number of thiophene rings is 1. The van der Waals surface area contributed by atoms with Gasteiger partial charge in [-0.25, -0.2) is 4.68 Å². The fourth-order valence-corrected chi connectivity index (χ4v) is 5.31. The molecule has 2 aromatic heterocycles. The van der Waals surface area contributed by atoms with Gasteiger partial charge in [0.15, 0.2) is 14.1 Å². The van der Waals surface area contributed by atoms with Crippen molar-refractivity contribution >= 4 is 58.3 Å². The fourth-order valence-electron chi connectivity index (χ4n) is 2.08. The number of para-hydroxylation sites is 1. The van der Waals surface area contributed by atoms with Crippen molar-refractivity contribution in [1.29, 1.82) is 0 Å². The Morgan fingerprint density at radius 1 is 1.19 bits per heavy atom. The molecule has 1 N–H and O–H groups in total. The molecule has 0 saturated heterocycles. The zero-order chi connectivity index (χ0) is 18.5. The van der Waals surface area contributed by atoms with Crippen LogP contribution in [-0.4, -0.2) is 27.2 Å². The molecule has 9 heteroatoms. The van der Waals surface area contributed by atoms with Gasteiger partial charge >= 0.3 is 0 Å². The normalized spacial score (nSPS) is 10.7. The van der Waals surface area contributed by atoms with Crippen LogP contribution in [0.5, 0.6) is 0 Å². The number of nitrogens with one attached hydrogen (secondary N) is 1. The minimum Gasteiger partial charge on any atom is -0.351 e. The number of rotatable bonds is 7. The van der Waals surface area contributed by atoms with Crippen molar-refractivity contribution in [3.8, 4) is 5.69 Å². The molecule has 0 aliphatic carbocycles. The Kier molecular flexibility index (Phi) is 6.36. The van der Waals surface area contributed by atoms with E-state index < -0.39 is 0 Å². The fraction of sp³-hybridized carbons (Fsp3) is 0.176. The van der Waals surface area contributed by atoms with Crippen LogP contribution in [0.1, 0.15) is 21.5 Å². The van der Waals surface area contributed by atoms with E-state index >= 15 is 0 Å². The molecule has 0 saturated carbocycles. The average molecular weight is 422 g/mol. The van der Waals surface area contributed by atoms with E-state index in [4.69, 9.17) is 12.2 Å². The van der Waals surface area contributed by atoms with E-state index in [0.29, 0.717) is 21.1 Å². The molecule has 0 unspecified atom stereocenters. The number of ketones is 1. The molecule has 26 heavy (non-hydrogen) atoms. The van der Waals surface area contributed by atoms with Crippen LogP contribution >= 0.6 is 46.7 Å². The summed E-state index contributed by atoms with van der Waals surface area (Å²) in [7, 11) is 0. The number of carbonyl (C=O) groups is 2. The van der Waals surface area contributed by atoms with Gasteiger partial charge in [-0.2, -0.15) is 0 Å². The van der Waals surface area contributed by atoms with Crippen molar-refractivity contribution in [2.75, 3.05) is 5.75 Å². The molecule has 0 aliphatic heterocycles. The van der Waals surface area contributed by atoms with Gasteiger partial charge in [-0.1, -0.05) is 41.3 Å². The summed E-state index contributed by atoms with van der Waals surface area (Å²) in [5.74, 6) is 0.260. The van der Waals surface area contributed by atoms with Crippen LogP contribution < -0.4 is 5.32 Å². The topological polar surface area (TPSA) is 64.0 Å². The van der Waals surface area contributed by atoms with Gasteiger partial charge in [-0.05, 0) is 36.5 Å². The van der Waals surface area contributed by atoms with Crippen molar-refractivity contribution < 1.29 is 9.59 Å². The van der Waals surface area contributed by atoms with Gasteiger partial charge in [0.25, 0.3) is 0 Å². The molecule has 0 atom stereocenters. The maximum atomic E-state index is 12.4. The van der Waals surface area contributed by atoms with E-state index in [1.807, 2.05) is 36.4 Å². The molecule has 3 aromatic rings. The first-order chi connectivity index (χ1) is 12.5. The van der Waals surface area contributed by atoms with Crippen LogP contribution in [0.2, 0.25) is 0 Å². The molecule has 2 heterocycles. The molecule has 134 valence electrons. The Bertz CT molecular complexity index is 975. The number of aromatic nitrogens is 2. The Hall–Kier alpha value is -1.81. The third-order valence-electron chi connectivity index (χ3n) is 3.30. The summed E-state index contributed by atoms with van der Waals surface area (Å²) < 4.78 is 3.13. The summed E-state index contributed by atoms with van der Waals surface area (Å²) in [6.45, 7) is 1.92. The zero-order valence-electron chi connectivity index (χ0n) is 13.8. The predicted molar refractivity (Wildman–Crippen MR) is 109 cm³/mol. The maximum absolute atomic E-state index is 12.4. The van der Waals surface area contributed by atoms with E-state index in [9.17, 15) is 9.59 Å². The van der Waals surface area contributed by atoms with Crippen LogP contribution in [0.15, 0.2) is 46.8 Å². The smallest absolute Gasteiger partial charge is 0.217 e. The van der Waals surface area contributed by atoms with E-state index in [2.05, 4.69) is 10.4 Å². The summed E-state index contributed by atoms with van der Waals surface area (Å²) >= 11 is 9.56. The summed E-state index contributed by atoms with van der Waals surface area (Å²) in [6, 6.07) is 13.4. The number of hydrogen-bond acceptors (Lipinski definition) is 7. The third kappa shape index (κ3) is 4.88. The quantitative estimate of drug-likeness (QED) is 0.349. The van der Waals surface area contributed by atoms with Gasteiger partial charge in [0.1, 0.15) is 0 Å². The van der Waals surface area contributed by atoms with Gasteiger partial charge < -0.3 is 5.32 Å². The molecule has 3 rings (SSSR count). The number of Topliss-reactive ketones (excluding diaryl/α,β-unsaturated/α-hetero) is 1. The van der Waals surface area contributed by atoms with Crippen LogP contribution in [-0.2, 0) is 11.3 Å². The number of amides is 1. The van der Waals surface area contributed by atoms with E-state index in [-0.39, 0.29) is 11.7 Å². The summed E-state index contributed by atoms with van der Waals surface area (Å²) in [4.78, 5) is 25.0. The Morgan fingerprint density at radius 3 is 2.69 bits per heavy atom. The second-order valence-electron chi connectivity index (χ2n) is 5.27. The van der Waals surface area contributed by atoms with Crippen molar-refractivity contribution in [2.45, 2.75) is 17.8 Å². The number of carbonyl (C=O) groups excluding carboxylic acids is 2. The molecular weight excluding hydrogens is 406 g/mol. The van der Waals surface area contributed by atoms with Crippen LogP contribution in [0.4, 0.5) is 0 Å². The number of benzene rings is 1. The van der Waals surface area contributed by atoms with Crippen LogP contribution in [0.25, 0.3) is 5.69 Å². The minimum absolute atomic E-state index is 0.0430. The first-order valence-electron chi connectivity index (χ1n) is 7.67. The first-order valence-corrected chi connectivity index (χ1v) is 10.7. The molecule has 1 amide bonds. The van der Waals surface area contributed by atoms with E-state index in [1.54, 1.807) is 10.7 Å². The summed E-state index contributed by atoms with van der Waals surface area (Å²) in [5.41, 5.74) is 0.910. The molecule has 0 radical (unpaired) electrons. The Labute approximate surface area is 168 Å². The standard InChI is InChI=1S/C17H15N3O2S4/c1-11(21)18-9-13-7-8-15(25-13)14(22)10-24-16-19-20(17(23)26-16)12-5-3-2-4-6-12/h2-8H,9-10H2,1H3,(H,18,21). The molecule has 1 aromatic carbocycles. The summed E-state index contributed by atoms with van der Waals surface area (Å²) in [6.07, 6.45) is 0. The SMILES string of the molecule is CC(=O)NCc1ccc(C(=O)CSc2nn(-c3ccccc3)c(=S)s2)s1. The lowest BCUT2D eigenvalue weighted by molar-refractivity contribution is -0.119. The van der Waals surface area contributed by atoms with Crippen molar-refractivity contribution in [3.63, 3.8) is 0 Å². The molecule has 0 aliphatic rings. The van der Waals surface area contributed by atoms with Crippen LogP contribution in [0, 0.1) is 3.95 Å². The van der Waals surface area contributed by atoms with Crippen molar-refractivity contribution in [3.05, 3.63) is 56.2 Å². The minimum atomic E-state index is -0.0861. The molecule has 0 bridgehead atoms. The van der Waals surface area contributed by atoms with Crippen molar-refractivity contribution in [1.82, 2.24) is 15.1 Å². The largest absolute Gasteiger partial charge is 0.351 e. The lowest BCUT2D eigenvalue weighted by atomic mass is 10.3. The maximum Gasteiger partial charge on any atom is 0.217 e. The van der Waals surface area contributed by atoms with E-state index in [0.717, 1.165) is 14.9 Å². The van der Waals surface area contributed by atoms with Gasteiger partial charge in [-0.3, -0.25) is 9.59 Å². The highest BCUT2D eigenvalue weighted by Gasteiger charge is 2.13. The highest BCUT2D eigenvalue weighted by Crippen LogP contribution is 2.26. The highest BCUT2D eigenvalue weighted by molar-refractivity contribution is 8.01. The molecular formula is C17H15N3O2S4. The monoisotopic (exact) mass is 421 g/mol. The second kappa shape index (κ2) is 8.72. The summed E-state index contributed by atoms with van der Waals surface area (Å²) in [5, 5.41) is 7.23. The molecule has 0 spiro atoms. The van der Waals surface area contributed by atoms with Gasteiger partial charge in [0.05, 0.1) is 22.9 Å². The van der Waals surface area contributed by atoms with Crippen molar-refractivity contribution in [2.24, 2.45) is 0 Å². The van der Waals surface area contributed by atoms with Gasteiger partial charge in [-0.15, -0.1) is 16.4 Å². The number of nitrogens with zero attached hydrogens (tertiary/aromatic N) is 2. The van der Waals surface area contributed by atoms with Crippen LogP contribution in [0.3, 0.4) is 0 Å². The first kappa shape index (κ1) is 19.0. The molecule has 5 nitrogen and oxygen atoms in total. The number of thioether (sulfide) groups is 1. The van der Waals surface area contributed by atoms with E-state index in [1.165, 1.54) is 41.4 Å². The Morgan fingerprint density at radius 2 is 1.96 bits per heavy atom. The zero-order valence-corrected chi connectivity index (χ0v) is 17.1. The van der Waals surface area contributed by atoms with Gasteiger partial charge in [0, 0.05) is 11.8 Å². The highest BCUT2D eigenvalue weighted by atomic mass is 32.2. The lowest BCUT2D eigenvalue weighted by Gasteiger charge is -1.99. The van der Waals surface area contributed by atoms with Gasteiger partial charge in [0.2, 0.25) is 5.91 Å². The lowest BCUT2D eigenvalue weighted by Crippen LogP contribution is -2.18. The molecule has 0 fully saturated rings. The Balaban J connectivity index is 1.62. The second-order valence-corrected chi connectivity index (χ2v) is 9.28. The number of hydrogen-bond donors (Lipinski definition) is 1. The predicted octanol–water partition coefficient (Wildman–Crippen LogP) is 4.34. The average Bonchev–Trinajstić information content (AvgIpc) is 3.25.